The second kappa shape index (κ2) is 10.1. The lowest BCUT2D eigenvalue weighted by Crippen LogP contribution is -2.43. The number of carbonyl (C=O) groups excluding carboxylic acids is 3. The number of imide groups is 1. The number of benzene rings is 2. The lowest BCUT2D eigenvalue weighted by atomic mass is 10.1. The zero-order chi connectivity index (χ0) is 24.4. The lowest BCUT2D eigenvalue weighted by Gasteiger charge is -2.29. The van der Waals surface area contributed by atoms with Gasteiger partial charge in [-0.3, -0.25) is 29.1 Å². The number of anilines is 2. The van der Waals surface area contributed by atoms with Crippen LogP contribution in [0.25, 0.3) is 10.2 Å². The summed E-state index contributed by atoms with van der Waals surface area (Å²) in [5.74, 6) is 0.0919. The number of hydrogen-bond acceptors (Lipinski definition) is 8. The normalized spacial score (nSPS) is 16.8. The van der Waals surface area contributed by atoms with Crippen molar-refractivity contribution in [3.05, 3.63) is 48.0 Å². The Bertz CT molecular complexity index is 1240. The summed E-state index contributed by atoms with van der Waals surface area (Å²) in [4.78, 5) is 47.7. The molecule has 3 heterocycles. The molecular weight excluding hydrogens is 468 g/mol. The number of carbonyl (C=O) groups is 3. The van der Waals surface area contributed by atoms with E-state index in [0.717, 1.165) is 23.3 Å². The van der Waals surface area contributed by atoms with E-state index in [1.807, 2.05) is 18.2 Å². The topological polar surface area (TPSA) is 92.3 Å². The van der Waals surface area contributed by atoms with Crippen molar-refractivity contribution in [3.63, 3.8) is 0 Å². The fourth-order valence-electron chi connectivity index (χ4n) is 4.26. The minimum absolute atomic E-state index is 0.185. The molecule has 1 aromatic heterocycles. The highest BCUT2D eigenvalue weighted by Gasteiger charge is 2.30. The molecule has 0 spiro atoms. The Hall–Kier alpha value is -3.34. The van der Waals surface area contributed by atoms with Crippen molar-refractivity contribution in [2.24, 2.45) is 0 Å². The quantitative estimate of drug-likeness (QED) is 0.467. The van der Waals surface area contributed by atoms with Crippen LogP contribution in [0.3, 0.4) is 0 Å². The maximum Gasteiger partial charge on any atom is 0.260 e. The summed E-state index contributed by atoms with van der Waals surface area (Å²) in [6, 6.07) is 12.3. The van der Waals surface area contributed by atoms with E-state index in [9.17, 15) is 14.4 Å². The maximum absolute atomic E-state index is 13.7. The molecule has 0 N–H and O–H groups in total. The van der Waals surface area contributed by atoms with Gasteiger partial charge in [0.25, 0.3) is 5.91 Å². The van der Waals surface area contributed by atoms with Gasteiger partial charge in [0.1, 0.15) is 5.75 Å². The van der Waals surface area contributed by atoms with Crippen LogP contribution in [0.15, 0.2) is 42.5 Å². The van der Waals surface area contributed by atoms with Gasteiger partial charge in [0, 0.05) is 50.7 Å². The van der Waals surface area contributed by atoms with Crippen molar-refractivity contribution in [3.8, 4) is 5.75 Å². The van der Waals surface area contributed by atoms with Crippen molar-refractivity contribution in [2.45, 2.75) is 12.8 Å². The van der Waals surface area contributed by atoms with Crippen LogP contribution in [0.1, 0.15) is 23.2 Å². The third-order valence-corrected chi connectivity index (χ3v) is 7.29. The van der Waals surface area contributed by atoms with Crippen LogP contribution in [0.2, 0.25) is 0 Å². The first-order chi connectivity index (χ1) is 17.0. The zero-order valence-electron chi connectivity index (χ0n) is 19.4. The molecule has 0 unspecified atom stereocenters. The number of hydrogen-bond donors (Lipinski definition) is 0. The predicted molar refractivity (Wildman–Crippen MR) is 133 cm³/mol. The molecule has 182 valence electrons. The number of aromatic nitrogens is 1. The van der Waals surface area contributed by atoms with E-state index in [1.165, 1.54) is 16.2 Å². The van der Waals surface area contributed by atoms with Gasteiger partial charge in [-0.1, -0.05) is 11.3 Å². The summed E-state index contributed by atoms with van der Waals surface area (Å²) in [6.45, 7) is 4.19. The van der Waals surface area contributed by atoms with Gasteiger partial charge in [0.15, 0.2) is 5.13 Å². The van der Waals surface area contributed by atoms with Gasteiger partial charge in [-0.15, -0.1) is 0 Å². The third kappa shape index (κ3) is 4.90. The number of rotatable bonds is 7. The summed E-state index contributed by atoms with van der Waals surface area (Å²) in [5.41, 5.74) is 1.72. The van der Waals surface area contributed by atoms with Gasteiger partial charge in [-0.05, 0) is 36.4 Å². The zero-order valence-corrected chi connectivity index (χ0v) is 20.3. The number of ether oxygens (including phenoxy) is 2. The Morgan fingerprint density at radius 1 is 1.09 bits per heavy atom. The van der Waals surface area contributed by atoms with Crippen LogP contribution in [0, 0.1) is 0 Å². The fourth-order valence-corrected chi connectivity index (χ4v) is 5.23. The van der Waals surface area contributed by atoms with Crippen LogP contribution in [0.5, 0.6) is 5.75 Å². The number of morpholine rings is 1. The van der Waals surface area contributed by atoms with Gasteiger partial charge in [-0.25, -0.2) is 4.98 Å². The van der Waals surface area contributed by atoms with E-state index in [2.05, 4.69) is 4.90 Å². The second-order valence-electron chi connectivity index (χ2n) is 8.41. The molecule has 2 aliphatic heterocycles. The average molecular weight is 495 g/mol. The van der Waals surface area contributed by atoms with Gasteiger partial charge in [0.2, 0.25) is 11.8 Å². The molecule has 0 saturated carbocycles. The highest BCUT2D eigenvalue weighted by atomic mass is 32.1. The van der Waals surface area contributed by atoms with E-state index in [0.29, 0.717) is 48.4 Å². The summed E-state index contributed by atoms with van der Waals surface area (Å²) in [7, 11) is 1.61. The van der Waals surface area contributed by atoms with E-state index < -0.39 is 0 Å². The Labute approximate surface area is 206 Å². The number of amides is 3. The molecule has 10 heteroatoms. The largest absolute Gasteiger partial charge is 0.497 e. The van der Waals surface area contributed by atoms with Crippen molar-refractivity contribution in [1.29, 1.82) is 0 Å². The van der Waals surface area contributed by atoms with E-state index in [1.54, 1.807) is 36.3 Å². The number of fused-ring (bicyclic) bond motifs is 1. The molecule has 2 saturated heterocycles. The summed E-state index contributed by atoms with van der Waals surface area (Å²) in [5, 5.41) is 0.612. The summed E-state index contributed by atoms with van der Waals surface area (Å²) < 4.78 is 11.7. The number of methoxy groups -OCH3 is 1. The molecule has 2 aliphatic rings. The average Bonchev–Trinajstić information content (AvgIpc) is 3.46. The molecule has 5 rings (SSSR count). The Morgan fingerprint density at radius 2 is 1.80 bits per heavy atom. The first-order valence-electron chi connectivity index (χ1n) is 11.6. The van der Waals surface area contributed by atoms with Gasteiger partial charge < -0.3 is 9.47 Å². The van der Waals surface area contributed by atoms with Crippen LogP contribution < -0.4 is 14.5 Å². The van der Waals surface area contributed by atoms with E-state index in [4.69, 9.17) is 14.5 Å². The molecule has 3 amide bonds. The Kier molecular flexibility index (Phi) is 6.76. The summed E-state index contributed by atoms with van der Waals surface area (Å²) in [6.07, 6.45) is 0.439. The Morgan fingerprint density at radius 3 is 2.49 bits per heavy atom. The molecule has 0 radical (unpaired) electrons. The van der Waals surface area contributed by atoms with E-state index >= 15 is 0 Å². The molecule has 0 bridgehead atoms. The fraction of sp³-hybridized carbons (Fsp3) is 0.360. The van der Waals surface area contributed by atoms with Crippen molar-refractivity contribution < 1.29 is 23.9 Å². The highest BCUT2D eigenvalue weighted by molar-refractivity contribution is 7.22. The van der Waals surface area contributed by atoms with Crippen LogP contribution >= 0.6 is 11.3 Å². The molecule has 2 fully saturated rings. The molecular formula is C25H26N4O5S. The maximum atomic E-state index is 13.7. The van der Waals surface area contributed by atoms with Gasteiger partial charge in [0.05, 0.1) is 36.2 Å². The predicted octanol–water partition coefficient (Wildman–Crippen LogP) is 2.94. The monoisotopic (exact) mass is 494 g/mol. The third-order valence-electron chi connectivity index (χ3n) is 6.23. The first-order valence-corrected chi connectivity index (χ1v) is 12.4. The SMILES string of the molecule is COc1ccc2sc(N(CCN3CCOCC3)C(=O)c3ccc(N4C(=O)CCC4=O)cc3)nc2c1. The van der Waals surface area contributed by atoms with Crippen molar-refractivity contribution in [2.75, 3.05) is 56.3 Å². The second-order valence-corrected chi connectivity index (χ2v) is 9.42. The molecule has 2 aromatic carbocycles. The lowest BCUT2D eigenvalue weighted by molar-refractivity contribution is -0.121. The van der Waals surface area contributed by atoms with Gasteiger partial charge in [-0.2, -0.15) is 0 Å². The molecule has 0 aliphatic carbocycles. The van der Waals surface area contributed by atoms with E-state index in [-0.39, 0.29) is 30.6 Å². The smallest absolute Gasteiger partial charge is 0.260 e. The van der Waals surface area contributed by atoms with Crippen LogP contribution in [-0.2, 0) is 14.3 Å². The molecule has 0 atom stereocenters. The standard InChI is InChI=1S/C25H26N4O5S/c1-33-19-6-7-21-20(16-19)26-25(35-21)28(11-10-27-12-14-34-15-13-27)24(32)17-2-4-18(5-3-17)29-22(30)8-9-23(29)31/h2-7,16H,8-15H2,1H3. The minimum Gasteiger partial charge on any atom is -0.497 e. The first kappa shape index (κ1) is 23.4. The molecule has 35 heavy (non-hydrogen) atoms. The van der Waals surface area contributed by atoms with Crippen LogP contribution in [0.4, 0.5) is 10.8 Å². The molecule has 3 aromatic rings. The van der Waals surface area contributed by atoms with Crippen molar-refractivity contribution >= 4 is 50.1 Å². The summed E-state index contributed by atoms with van der Waals surface area (Å²) >= 11 is 1.46. The number of thiazole rings is 1. The minimum atomic E-state index is -0.217. The number of nitrogens with zero attached hydrogens (tertiary/aromatic N) is 4. The van der Waals surface area contributed by atoms with Crippen LogP contribution in [-0.4, -0.2) is 74.1 Å². The molecule has 9 nitrogen and oxygen atoms in total. The Balaban J connectivity index is 1.42. The highest BCUT2D eigenvalue weighted by Crippen LogP contribution is 2.32. The van der Waals surface area contributed by atoms with Crippen molar-refractivity contribution in [1.82, 2.24) is 9.88 Å². The van der Waals surface area contributed by atoms with Gasteiger partial charge >= 0.3 is 0 Å².